The zero-order valence-electron chi connectivity index (χ0n) is 16.7. The second-order valence-electron chi connectivity index (χ2n) is 6.99. The standard InChI is InChI=1S/C23H25NO4/c1-15-12-21(17(3)24(15)16(2)13-27-4)22(25)14-28-23(26)20-11-7-9-18-8-5-6-10-19(18)20/h5-12,16H,13-14H2,1-4H3/t16-/m0/s1. The van der Waals surface area contributed by atoms with Gasteiger partial charge in [-0.2, -0.15) is 0 Å². The number of rotatable bonds is 7. The third-order valence-electron chi connectivity index (χ3n) is 4.98. The number of Topliss-reactive ketones (excluding diaryl/α,β-unsaturated/α-hetero) is 1. The molecule has 0 bridgehead atoms. The molecule has 1 atom stereocenters. The Hall–Kier alpha value is -2.92. The van der Waals surface area contributed by atoms with Gasteiger partial charge < -0.3 is 14.0 Å². The van der Waals surface area contributed by atoms with Crippen LogP contribution >= 0.6 is 0 Å². The van der Waals surface area contributed by atoms with Crippen molar-refractivity contribution in [2.24, 2.45) is 0 Å². The number of aromatic nitrogens is 1. The van der Waals surface area contributed by atoms with Crippen LogP contribution in [0.1, 0.15) is 45.1 Å². The van der Waals surface area contributed by atoms with Crippen LogP contribution in [0.2, 0.25) is 0 Å². The van der Waals surface area contributed by atoms with E-state index in [1.807, 2.05) is 63.2 Å². The van der Waals surface area contributed by atoms with Gasteiger partial charge in [0.05, 0.1) is 18.2 Å². The highest BCUT2D eigenvalue weighted by atomic mass is 16.5. The fourth-order valence-corrected chi connectivity index (χ4v) is 3.74. The molecule has 5 nitrogen and oxygen atoms in total. The van der Waals surface area contributed by atoms with E-state index in [-0.39, 0.29) is 18.4 Å². The molecule has 0 saturated carbocycles. The molecule has 28 heavy (non-hydrogen) atoms. The molecule has 0 fully saturated rings. The maximum Gasteiger partial charge on any atom is 0.339 e. The molecule has 0 saturated heterocycles. The molecular weight excluding hydrogens is 354 g/mol. The molecule has 5 heteroatoms. The minimum absolute atomic E-state index is 0.116. The number of aryl methyl sites for hydroxylation is 1. The second kappa shape index (κ2) is 8.40. The number of carbonyl (C=O) groups is 2. The predicted molar refractivity (Wildman–Crippen MR) is 109 cm³/mol. The Balaban J connectivity index is 1.75. The van der Waals surface area contributed by atoms with E-state index in [9.17, 15) is 9.59 Å². The van der Waals surface area contributed by atoms with Gasteiger partial charge in [0.25, 0.3) is 0 Å². The van der Waals surface area contributed by atoms with Crippen molar-refractivity contribution in [3.05, 3.63) is 71.0 Å². The summed E-state index contributed by atoms with van der Waals surface area (Å²) in [6.07, 6.45) is 0. The number of esters is 1. The Morgan fingerprint density at radius 1 is 1.04 bits per heavy atom. The first-order valence-electron chi connectivity index (χ1n) is 9.29. The topological polar surface area (TPSA) is 57.5 Å². The van der Waals surface area contributed by atoms with Gasteiger partial charge in [0, 0.05) is 24.1 Å². The van der Waals surface area contributed by atoms with E-state index in [0.717, 1.165) is 22.2 Å². The highest BCUT2D eigenvalue weighted by Gasteiger charge is 2.20. The van der Waals surface area contributed by atoms with E-state index in [2.05, 4.69) is 4.57 Å². The molecule has 1 aromatic heterocycles. The quantitative estimate of drug-likeness (QED) is 0.448. The molecule has 0 spiro atoms. The molecule has 3 aromatic rings. The number of hydrogen-bond acceptors (Lipinski definition) is 4. The summed E-state index contributed by atoms with van der Waals surface area (Å²) in [5, 5.41) is 1.77. The van der Waals surface area contributed by atoms with Crippen molar-refractivity contribution in [3.63, 3.8) is 0 Å². The van der Waals surface area contributed by atoms with Gasteiger partial charge in [0.1, 0.15) is 0 Å². The minimum Gasteiger partial charge on any atom is -0.454 e. The zero-order valence-corrected chi connectivity index (χ0v) is 16.7. The third kappa shape index (κ3) is 3.85. The van der Waals surface area contributed by atoms with Crippen LogP contribution < -0.4 is 0 Å². The summed E-state index contributed by atoms with van der Waals surface area (Å²) in [6, 6.07) is 15.0. The van der Waals surface area contributed by atoms with Crippen LogP contribution in [0.3, 0.4) is 0 Å². The number of nitrogens with zero attached hydrogens (tertiary/aromatic N) is 1. The Morgan fingerprint density at radius 2 is 1.75 bits per heavy atom. The van der Waals surface area contributed by atoms with Crippen LogP contribution in [0, 0.1) is 13.8 Å². The van der Waals surface area contributed by atoms with E-state index in [1.54, 1.807) is 13.2 Å². The zero-order chi connectivity index (χ0) is 20.3. The van der Waals surface area contributed by atoms with Crippen LogP contribution in [-0.4, -0.2) is 36.6 Å². The van der Waals surface area contributed by atoms with Crippen LogP contribution in [-0.2, 0) is 9.47 Å². The number of hydrogen-bond donors (Lipinski definition) is 0. The summed E-state index contributed by atoms with van der Waals surface area (Å²) in [6.45, 7) is 6.17. The van der Waals surface area contributed by atoms with Crippen molar-refractivity contribution in [2.45, 2.75) is 26.8 Å². The fourth-order valence-electron chi connectivity index (χ4n) is 3.74. The average molecular weight is 379 g/mol. The maximum absolute atomic E-state index is 12.7. The lowest BCUT2D eigenvalue weighted by molar-refractivity contribution is 0.0476. The van der Waals surface area contributed by atoms with E-state index in [0.29, 0.717) is 17.7 Å². The highest BCUT2D eigenvalue weighted by Crippen LogP contribution is 2.22. The van der Waals surface area contributed by atoms with Crippen molar-refractivity contribution in [1.29, 1.82) is 0 Å². The lowest BCUT2D eigenvalue weighted by Gasteiger charge is -2.17. The number of ether oxygens (including phenoxy) is 2. The van der Waals surface area contributed by atoms with Crippen LogP contribution in [0.25, 0.3) is 10.8 Å². The largest absolute Gasteiger partial charge is 0.454 e. The summed E-state index contributed by atoms with van der Waals surface area (Å²) in [4.78, 5) is 25.2. The average Bonchev–Trinajstić information content (AvgIpc) is 2.99. The summed E-state index contributed by atoms with van der Waals surface area (Å²) in [7, 11) is 1.66. The molecular formula is C23H25NO4. The lowest BCUT2D eigenvalue weighted by atomic mass is 10.0. The molecule has 0 radical (unpaired) electrons. The summed E-state index contributed by atoms with van der Waals surface area (Å²) >= 11 is 0. The van der Waals surface area contributed by atoms with E-state index in [4.69, 9.17) is 9.47 Å². The van der Waals surface area contributed by atoms with Gasteiger partial charge in [-0.3, -0.25) is 4.79 Å². The number of benzene rings is 2. The fraction of sp³-hybridized carbons (Fsp3) is 0.304. The Bertz CT molecular complexity index is 1010. The number of carbonyl (C=O) groups excluding carboxylic acids is 2. The van der Waals surface area contributed by atoms with Crippen molar-refractivity contribution in [2.75, 3.05) is 20.3 Å². The molecule has 2 aromatic carbocycles. The normalized spacial score (nSPS) is 12.1. The molecule has 3 rings (SSSR count). The summed E-state index contributed by atoms with van der Waals surface area (Å²) < 4.78 is 12.6. The molecule has 0 aliphatic carbocycles. The van der Waals surface area contributed by atoms with Crippen molar-refractivity contribution in [3.8, 4) is 0 Å². The molecule has 0 amide bonds. The van der Waals surface area contributed by atoms with Gasteiger partial charge in [-0.15, -0.1) is 0 Å². The summed E-state index contributed by atoms with van der Waals surface area (Å²) in [5.41, 5.74) is 2.87. The van der Waals surface area contributed by atoms with Crippen molar-refractivity contribution >= 4 is 22.5 Å². The molecule has 1 heterocycles. The Kier molecular flexibility index (Phi) is 5.95. The van der Waals surface area contributed by atoms with E-state index < -0.39 is 5.97 Å². The lowest BCUT2D eigenvalue weighted by Crippen LogP contribution is -2.17. The monoisotopic (exact) mass is 379 g/mol. The predicted octanol–water partition coefficient (Wildman–Crippen LogP) is 4.51. The molecule has 0 aliphatic rings. The second-order valence-corrected chi connectivity index (χ2v) is 6.99. The van der Waals surface area contributed by atoms with Crippen molar-refractivity contribution < 1.29 is 19.1 Å². The SMILES string of the molecule is COC[C@H](C)n1c(C)cc(C(=O)COC(=O)c2cccc3ccccc23)c1C. The van der Waals surface area contributed by atoms with Gasteiger partial charge in [0.15, 0.2) is 6.61 Å². The van der Waals surface area contributed by atoms with Crippen LogP contribution in [0.5, 0.6) is 0 Å². The number of methoxy groups -OCH3 is 1. The first-order chi connectivity index (χ1) is 13.4. The van der Waals surface area contributed by atoms with Gasteiger partial charge in [-0.25, -0.2) is 4.79 Å². The number of fused-ring (bicyclic) bond motifs is 1. The third-order valence-corrected chi connectivity index (χ3v) is 4.98. The molecule has 146 valence electrons. The Morgan fingerprint density at radius 3 is 2.50 bits per heavy atom. The van der Waals surface area contributed by atoms with E-state index >= 15 is 0 Å². The summed E-state index contributed by atoms with van der Waals surface area (Å²) in [5.74, 6) is -0.704. The molecule has 0 aliphatic heterocycles. The smallest absolute Gasteiger partial charge is 0.339 e. The number of ketones is 1. The minimum atomic E-state index is -0.494. The maximum atomic E-state index is 12.7. The van der Waals surface area contributed by atoms with Gasteiger partial charge in [0.2, 0.25) is 5.78 Å². The van der Waals surface area contributed by atoms with Gasteiger partial charge in [-0.05, 0) is 43.7 Å². The highest BCUT2D eigenvalue weighted by molar-refractivity contribution is 6.06. The van der Waals surface area contributed by atoms with Gasteiger partial charge in [-0.1, -0.05) is 36.4 Å². The van der Waals surface area contributed by atoms with Crippen molar-refractivity contribution in [1.82, 2.24) is 4.57 Å². The molecule has 0 unspecified atom stereocenters. The molecule has 0 N–H and O–H groups in total. The van der Waals surface area contributed by atoms with Crippen LogP contribution in [0.15, 0.2) is 48.5 Å². The van der Waals surface area contributed by atoms with E-state index in [1.165, 1.54) is 0 Å². The first kappa shape index (κ1) is 19.8. The first-order valence-corrected chi connectivity index (χ1v) is 9.29. The van der Waals surface area contributed by atoms with Gasteiger partial charge >= 0.3 is 5.97 Å². The Labute approximate surface area is 164 Å². The van der Waals surface area contributed by atoms with Crippen LogP contribution in [0.4, 0.5) is 0 Å².